The number of anilines is 1. The van der Waals surface area contributed by atoms with Gasteiger partial charge in [0.05, 0.1) is 6.04 Å². The molecule has 1 rings (SSSR count). The minimum Gasteiger partial charge on any atom is -0.409 e. The summed E-state index contributed by atoms with van der Waals surface area (Å²) < 4.78 is 39.6. The highest BCUT2D eigenvalue weighted by atomic mass is 19.4. The molecule has 5 nitrogen and oxygen atoms in total. The number of halogens is 3. The summed E-state index contributed by atoms with van der Waals surface area (Å²) in [5.74, 6) is -0.312. The first-order valence-corrected chi connectivity index (χ1v) is 5.45. The topological polar surface area (TPSA) is 79.9 Å². The van der Waals surface area contributed by atoms with E-state index in [9.17, 15) is 13.2 Å². The molecule has 1 aromatic carbocycles. The van der Waals surface area contributed by atoms with E-state index in [-0.39, 0.29) is 11.6 Å². The zero-order valence-corrected chi connectivity index (χ0v) is 10.1. The lowest BCUT2D eigenvalue weighted by atomic mass is 10.2. The number of alkyl halides is 3. The minimum absolute atomic E-state index is 0.00174. The molecule has 1 unspecified atom stereocenters. The molecule has 0 amide bonds. The highest BCUT2D eigenvalue weighted by Gasteiger charge is 2.30. The van der Waals surface area contributed by atoms with Crippen molar-refractivity contribution < 1.29 is 23.1 Å². The first-order valence-electron chi connectivity index (χ1n) is 5.45. The van der Waals surface area contributed by atoms with Crippen LogP contribution in [0.25, 0.3) is 0 Å². The van der Waals surface area contributed by atoms with Crippen LogP contribution in [0.15, 0.2) is 29.4 Å². The smallest absolute Gasteiger partial charge is 0.409 e. The van der Waals surface area contributed by atoms with Gasteiger partial charge >= 0.3 is 6.36 Å². The summed E-state index contributed by atoms with van der Waals surface area (Å²) in [6.07, 6.45) is -4.16. The Kier molecular flexibility index (Phi) is 4.85. The van der Waals surface area contributed by atoms with Gasteiger partial charge in [0, 0.05) is 5.69 Å². The van der Waals surface area contributed by atoms with E-state index < -0.39 is 12.4 Å². The number of ether oxygens (including phenoxy) is 1. The molecule has 0 spiro atoms. The zero-order valence-electron chi connectivity index (χ0n) is 10.1. The maximum atomic E-state index is 12.0. The summed E-state index contributed by atoms with van der Waals surface area (Å²) in [5.41, 5.74) is 5.99. The standard InChI is InChI=1S/C11H14F3N3O2/c1-2-9(10(15)17-18)16-7-3-5-8(6-4-7)19-11(12,13)14/h3-6,9,16,18H,2H2,1H3,(H2,15,17). The van der Waals surface area contributed by atoms with Crippen LogP contribution < -0.4 is 15.8 Å². The monoisotopic (exact) mass is 277 g/mol. The van der Waals surface area contributed by atoms with Crippen molar-refractivity contribution in [1.29, 1.82) is 0 Å². The third-order valence-corrected chi connectivity index (χ3v) is 2.31. The van der Waals surface area contributed by atoms with Crippen molar-refractivity contribution in [2.75, 3.05) is 5.32 Å². The molecular formula is C11H14F3N3O2. The van der Waals surface area contributed by atoms with Crippen molar-refractivity contribution in [1.82, 2.24) is 0 Å². The Bertz CT molecular complexity index is 432. The van der Waals surface area contributed by atoms with Crippen LogP contribution in [0.2, 0.25) is 0 Å². The molecule has 0 saturated carbocycles. The summed E-state index contributed by atoms with van der Waals surface area (Å²) in [6, 6.07) is 4.77. The molecule has 0 saturated heterocycles. The van der Waals surface area contributed by atoms with Crippen LogP contribution >= 0.6 is 0 Å². The molecular weight excluding hydrogens is 263 g/mol. The quantitative estimate of drug-likeness (QED) is 0.334. The summed E-state index contributed by atoms with van der Waals surface area (Å²) in [7, 11) is 0. The number of hydrogen-bond donors (Lipinski definition) is 3. The second-order valence-electron chi connectivity index (χ2n) is 3.70. The van der Waals surface area contributed by atoms with Gasteiger partial charge < -0.3 is 21.0 Å². The summed E-state index contributed by atoms with van der Waals surface area (Å²) in [6.45, 7) is 1.82. The summed E-state index contributed by atoms with van der Waals surface area (Å²) >= 11 is 0. The van der Waals surface area contributed by atoms with E-state index >= 15 is 0 Å². The van der Waals surface area contributed by atoms with Crippen molar-refractivity contribution >= 4 is 11.5 Å². The maximum Gasteiger partial charge on any atom is 0.573 e. The molecule has 0 aliphatic heterocycles. The Balaban J connectivity index is 2.71. The average molecular weight is 277 g/mol. The fraction of sp³-hybridized carbons (Fsp3) is 0.364. The van der Waals surface area contributed by atoms with Crippen molar-refractivity contribution in [2.45, 2.75) is 25.7 Å². The van der Waals surface area contributed by atoms with Crippen LogP contribution in [-0.2, 0) is 0 Å². The number of amidine groups is 1. The Morgan fingerprint density at radius 3 is 2.42 bits per heavy atom. The number of hydrogen-bond acceptors (Lipinski definition) is 4. The van der Waals surface area contributed by atoms with Gasteiger partial charge in [-0.3, -0.25) is 0 Å². The van der Waals surface area contributed by atoms with Gasteiger partial charge in [-0.15, -0.1) is 13.2 Å². The summed E-state index contributed by atoms with van der Waals surface area (Å²) in [5, 5.41) is 14.4. The molecule has 106 valence electrons. The van der Waals surface area contributed by atoms with Crippen molar-refractivity contribution in [3.8, 4) is 5.75 Å². The third-order valence-electron chi connectivity index (χ3n) is 2.31. The molecule has 1 aromatic rings. The molecule has 0 radical (unpaired) electrons. The van der Waals surface area contributed by atoms with Crippen LogP contribution in [0.5, 0.6) is 5.75 Å². The average Bonchev–Trinajstić information content (AvgIpc) is 2.35. The lowest BCUT2D eigenvalue weighted by molar-refractivity contribution is -0.274. The third kappa shape index (κ3) is 4.94. The predicted octanol–water partition coefficient (Wildman–Crippen LogP) is 2.52. The van der Waals surface area contributed by atoms with Gasteiger partial charge in [0.1, 0.15) is 5.75 Å². The van der Waals surface area contributed by atoms with Gasteiger partial charge in [-0.25, -0.2) is 0 Å². The van der Waals surface area contributed by atoms with Crippen LogP contribution in [0.4, 0.5) is 18.9 Å². The highest BCUT2D eigenvalue weighted by Crippen LogP contribution is 2.24. The van der Waals surface area contributed by atoms with Crippen LogP contribution in [0, 0.1) is 0 Å². The van der Waals surface area contributed by atoms with E-state index in [0.29, 0.717) is 12.1 Å². The van der Waals surface area contributed by atoms with E-state index in [1.165, 1.54) is 24.3 Å². The van der Waals surface area contributed by atoms with Crippen molar-refractivity contribution in [2.24, 2.45) is 10.9 Å². The zero-order chi connectivity index (χ0) is 14.5. The van der Waals surface area contributed by atoms with Crippen LogP contribution in [-0.4, -0.2) is 23.4 Å². The molecule has 0 aliphatic carbocycles. The molecule has 0 aromatic heterocycles. The Morgan fingerprint density at radius 2 is 2.00 bits per heavy atom. The number of nitrogens with zero attached hydrogens (tertiary/aromatic N) is 1. The normalized spacial score (nSPS) is 14.0. The maximum absolute atomic E-state index is 12.0. The second-order valence-corrected chi connectivity index (χ2v) is 3.70. The first kappa shape index (κ1) is 14.9. The van der Waals surface area contributed by atoms with Crippen LogP contribution in [0.3, 0.4) is 0 Å². The number of rotatable bonds is 5. The van der Waals surface area contributed by atoms with E-state index in [1.807, 2.05) is 6.92 Å². The van der Waals surface area contributed by atoms with Gasteiger partial charge in [0.15, 0.2) is 5.84 Å². The van der Waals surface area contributed by atoms with E-state index in [4.69, 9.17) is 10.9 Å². The lowest BCUT2D eigenvalue weighted by Crippen LogP contribution is -2.35. The molecule has 19 heavy (non-hydrogen) atoms. The Labute approximate surface area is 107 Å². The SMILES string of the molecule is CCC(Nc1ccc(OC(F)(F)F)cc1)C(N)=NO. The van der Waals surface area contributed by atoms with Gasteiger partial charge in [-0.05, 0) is 30.7 Å². The fourth-order valence-corrected chi connectivity index (χ4v) is 1.41. The van der Waals surface area contributed by atoms with Gasteiger partial charge in [-0.1, -0.05) is 12.1 Å². The molecule has 0 heterocycles. The fourth-order valence-electron chi connectivity index (χ4n) is 1.41. The number of benzene rings is 1. The Hall–Kier alpha value is -2.12. The van der Waals surface area contributed by atoms with Crippen molar-refractivity contribution in [3.63, 3.8) is 0 Å². The molecule has 1 atom stereocenters. The first-order chi connectivity index (χ1) is 8.85. The summed E-state index contributed by atoms with van der Waals surface area (Å²) in [4.78, 5) is 0. The lowest BCUT2D eigenvalue weighted by Gasteiger charge is -2.17. The number of oxime groups is 1. The molecule has 0 fully saturated rings. The predicted molar refractivity (Wildman–Crippen MR) is 64.2 cm³/mol. The van der Waals surface area contributed by atoms with Gasteiger partial charge in [0.2, 0.25) is 0 Å². The molecule has 4 N–H and O–H groups in total. The van der Waals surface area contributed by atoms with Gasteiger partial charge in [0.25, 0.3) is 0 Å². The number of nitrogens with one attached hydrogen (secondary N) is 1. The molecule has 0 bridgehead atoms. The second kappa shape index (κ2) is 6.17. The number of nitrogens with two attached hydrogens (primary N) is 1. The largest absolute Gasteiger partial charge is 0.573 e. The Morgan fingerprint density at radius 1 is 1.42 bits per heavy atom. The van der Waals surface area contributed by atoms with E-state index in [1.54, 1.807) is 0 Å². The van der Waals surface area contributed by atoms with Gasteiger partial charge in [-0.2, -0.15) is 0 Å². The van der Waals surface area contributed by atoms with E-state index in [0.717, 1.165) is 0 Å². The molecule has 8 heteroatoms. The highest BCUT2D eigenvalue weighted by molar-refractivity contribution is 5.87. The van der Waals surface area contributed by atoms with Crippen LogP contribution in [0.1, 0.15) is 13.3 Å². The van der Waals surface area contributed by atoms with E-state index in [2.05, 4.69) is 15.2 Å². The van der Waals surface area contributed by atoms with Crippen molar-refractivity contribution in [3.05, 3.63) is 24.3 Å². The minimum atomic E-state index is -4.71. The molecule has 0 aliphatic rings.